The molecule has 3 N–H and O–H groups in total. The number of sulfonamides is 1. The predicted molar refractivity (Wildman–Crippen MR) is 75.1 cm³/mol. The van der Waals surface area contributed by atoms with Gasteiger partial charge in [-0.3, -0.25) is 0 Å². The Morgan fingerprint density at radius 3 is 2.48 bits per heavy atom. The smallest absolute Gasteiger partial charge is 0.243 e. The minimum Gasteiger partial charge on any atom is -0.492 e. The van der Waals surface area contributed by atoms with Crippen molar-refractivity contribution >= 4 is 15.7 Å². The van der Waals surface area contributed by atoms with Crippen LogP contribution in [-0.2, 0) is 14.8 Å². The first kappa shape index (κ1) is 17.6. The first-order valence-corrected chi connectivity index (χ1v) is 7.55. The van der Waals surface area contributed by atoms with Crippen LogP contribution in [0.15, 0.2) is 17.0 Å². The standard InChI is InChI=1S/C12H19FN2O5S/c1-19-6-4-15(3-5-16)21(17,18)9-7-10(13)12(20-2)11(14)8-9/h7-8,16H,3-6,14H2,1-2H3. The Labute approximate surface area is 123 Å². The van der Waals surface area contributed by atoms with Gasteiger partial charge in [0.05, 0.1) is 30.9 Å². The molecule has 0 radical (unpaired) electrons. The number of hydrogen-bond acceptors (Lipinski definition) is 6. The summed E-state index contributed by atoms with van der Waals surface area (Å²) in [6.07, 6.45) is 0. The second-order valence-corrected chi connectivity index (χ2v) is 6.09. The number of aliphatic hydroxyl groups is 1. The third-order valence-corrected chi connectivity index (χ3v) is 4.66. The molecule has 1 aromatic rings. The van der Waals surface area contributed by atoms with Gasteiger partial charge < -0.3 is 20.3 Å². The molecular weight excluding hydrogens is 303 g/mol. The SMILES string of the molecule is COCCN(CCO)S(=O)(=O)c1cc(N)c(OC)c(F)c1. The van der Waals surface area contributed by atoms with E-state index >= 15 is 0 Å². The number of nitrogen functional groups attached to an aromatic ring is 1. The van der Waals surface area contributed by atoms with Crippen LogP contribution >= 0.6 is 0 Å². The molecule has 0 aromatic heterocycles. The fraction of sp³-hybridized carbons (Fsp3) is 0.500. The van der Waals surface area contributed by atoms with Crippen LogP contribution in [0.25, 0.3) is 0 Å². The maximum atomic E-state index is 13.8. The summed E-state index contributed by atoms with van der Waals surface area (Å²) in [6, 6.07) is 1.95. The van der Waals surface area contributed by atoms with Crippen molar-refractivity contribution in [1.29, 1.82) is 0 Å². The van der Waals surface area contributed by atoms with Gasteiger partial charge in [-0.05, 0) is 12.1 Å². The lowest BCUT2D eigenvalue weighted by atomic mass is 10.3. The van der Waals surface area contributed by atoms with Crippen LogP contribution in [0, 0.1) is 5.82 Å². The van der Waals surface area contributed by atoms with Gasteiger partial charge in [-0.2, -0.15) is 4.31 Å². The number of ether oxygens (including phenoxy) is 2. The highest BCUT2D eigenvalue weighted by Gasteiger charge is 2.26. The van der Waals surface area contributed by atoms with Gasteiger partial charge in [-0.15, -0.1) is 0 Å². The van der Waals surface area contributed by atoms with E-state index < -0.39 is 15.8 Å². The Bertz CT molecular complexity index is 556. The minimum absolute atomic E-state index is 0.0347. The highest BCUT2D eigenvalue weighted by molar-refractivity contribution is 7.89. The van der Waals surface area contributed by atoms with E-state index in [2.05, 4.69) is 0 Å². The molecule has 0 aliphatic rings. The zero-order valence-corrected chi connectivity index (χ0v) is 12.7. The van der Waals surface area contributed by atoms with E-state index in [9.17, 15) is 12.8 Å². The van der Waals surface area contributed by atoms with E-state index in [1.165, 1.54) is 14.2 Å². The first-order valence-electron chi connectivity index (χ1n) is 6.11. The van der Waals surface area contributed by atoms with Crippen molar-refractivity contribution in [2.45, 2.75) is 4.90 Å². The van der Waals surface area contributed by atoms with E-state index in [4.69, 9.17) is 20.3 Å². The van der Waals surface area contributed by atoms with E-state index in [1.807, 2.05) is 0 Å². The lowest BCUT2D eigenvalue weighted by Gasteiger charge is -2.21. The van der Waals surface area contributed by atoms with Gasteiger partial charge in [-0.25, -0.2) is 12.8 Å². The number of methoxy groups -OCH3 is 2. The average molecular weight is 322 g/mol. The largest absolute Gasteiger partial charge is 0.492 e. The van der Waals surface area contributed by atoms with Gasteiger partial charge in [0.15, 0.2) is 11.6 Å². The molecule has 1 aromatic carbocycles. The topological polar surface area (TPSA) is 102 Å². The number of anilines is 1. The summed E-state index contributed by atoms with van der Waals surface area (Å²) in [4.78, 5) is -0.303. The number of aliphatic hydroxyl groups excluding tert-OH is 1. The van der Waals surface area contributed by atoms with Crippen molar-refractivity contribution in [3.63, 3.8) is 0 Å². The molecule has 0 saturated heterocycles. The molecule has 9 heteroatoms. The minimum atomic E-state index is -3.99. The Hall–Kier alpha value is -1.42. The van der Waals surface area contributed by atoms with Crippen LogP contribution in [0.2, 0.25) is 0 Å². The number of halogens is 1. The molecule has 1 rings (SSSR count). The summed E-state index contributed by atoms with van der Waals surface area (Å²) in [5.41, 5.74) is 5.46. The first-order chi connectivity index (χ1) is 9.88. The summed E-state index contributed by atoms with van der Waals surface area (Å²) in [6.45, 7) is -0.309. The Morgan fingerprint density at radius 2 is 2.00 bits per heavy atom. The lowest BCUT2D eigenvalue weighted by molar-refractivity contribution is 0.168. The van der Waals surface area contributed by atoms with Gasteiger partial charge >= 0.3 is 0 Å². The maximum absolute atomic E-state index is 13.8. The molecule has 0 saturated carbocycles. The summed E-state index contributed by atoms with van der Waals surface area (Å²) in [5.74, 6) is -1.08. The third-order valence-electron chi connectivity index (χ3n) is 2.78. The number of benzene rings is 1. The molecule has 0 bridgehead atoms. The second kappa shape index (κ2) is 7.55. The van der Waals surface area contributed by atoms with Crippen molar-refractivity contribution in [1.82, 2.24) is 4.31 Å². The van der Waals surface area contributed by atoms with Crippen molar-refractivity contribution in [2.24, 2.45) is 0 Å². The molecule has 0 aliphatic carbocycles. The molecule has 0 heterocycles. The molecule has 0 aliphatic heterocycles. The summed E-state index contributed by atoms with van der Waals surface area (Å²) in [5, 5.41) is 8.97. The van der Waals surface area contributed by atoms with E-state index in [-0.39, 0.29) is 42.6 Å². The molecule has 0 atom stereocenters. The van der Waals surface area contributed by atoms with Gasteiger partial charge in [0.2, 0.25) is 10.0 Å². The van der Waals surface area contributed by atoms with Crippen molar-refractivity contribution in [3.8, 4) is 5.75 Å². The molecule has 7 nitrogen and oxygen atoms in total. The van der Waals surface area contributed by atoms with Gasteiger partial charge in [0, 0.05) is 20.2 Å². The lowest BCUT2D eigenvalue weighted by Crippen LogP contribution is -2.36. The fourth-order valence-electron chi connectivity index (χ4n) is 1.76. The van der Waals surface area contributed by atoms with Crippen LogP contribution in [0.3, 0.4) is 0 Å². The highest BCUT2D eigenvalue weighted by atomic mass is 32.2. The summed E-state index contributed by atoms with van der Waals surface area (Å²) < 4.78 is 49.2. The van der Waals surface area contributed by atoms with E-state index in [0.29, 0.717) is 0 Å². The Kier molecular flexibility index (Phi) is 6.34. The van der Waals surface area contributed by atoms with Crippen LogP contribution < -0.4 is 10.5 Å². The number of rotatable bonds is 8. The number of hydrogen-bond donors (Lipinski definition) is 2. The molecule has 120 valence electrons. The average Bonchev–Trinajstić information content (AvgIpc) is 2.42. The predicted octanol–water partition coefficient (Wildman–Crippen LogP) is 0.0459. The summed E-state index contributed by atoms with van der Waals surface area (Å²) >= 11 is 0. The van der Waals surface area contributed by atoms with Crippen LogP contribution in [-0.4, -0.2) is 58.4 Å². The fourth-order valence-corrected chi connectivity index (χ4v) is 3.22. The van der Waals surface area contributed by atoms with E-state index in [0.717, 1.165) is 16.4 Å². The zero-order chi connectivity index (χ0) is 16.0. The van der Waals surface area contributed by atoms with Crippen LogP contribution in [0.4, 0.5) is 10.1 Å². The zero-order valence-electron chi connectivity index (χ0n) is 11.9. The van der Waals surface area contributed by atoms with Crippen molar-refractivity contribution < 1.29 is 27.4 Å². The van der Waals surface area contributed by atoms with Crippen LogP contribution in [0.5, 0.6) is 5.75 Å². The molecule has 0 amide bonds. The van der Waals surface area contributed by atoms with Gasteiger partial charge in [-0.1, -0.05) is 0 Å². The number of nitrogens with zero attached hydrogens (tertiary/aromatic N) is 1. The summed E-state index contributed by atoms with van der Waals surface area (Å²) in [7, 11) is -1.33. The Morgan fingerprint density at radius 1 is 1.33 bits per heavy atom. The van der Waals surface area contributed by atoms with Crippen LogP contribution in [0.1, 0.15) is 0 Å². The normalized spacial score (nSPS) is 11.9. The van der Waals surface area contributed by atoms with Crippen molar-refractivity contribution in [3.05, 3.63) is 17.9 Å². The highest BCUT2D eigenvalue weighted by Crippen LogP contribution is 2.29. The third kappa shape index (κ3) is 4.03. The quantitative estimate of drug-likeness (QED) is 0.656. The number of nitrogens with two attached hydrogens (primary N) is 1. The monoisotopic (exact) mass is 322 g/mol. The second-order valence-electron chi connectivity index (χ2n) is 4.15. The Balaban J connectivity index is 3.21. The molecule has 0 spiro atoms. The van der Waals surface area contributed by atoms with Crippen molar-refractivity contribution in [2.75, 3.05) is 46.3 Å². The van der Waals surface area contributed by atoms with E-state index in [1.54, 1.807) is 0 Å². The van der Waals surface area contributed by atoms with Gasteiger partial charge in [0.25, 0.3) is 0 Å². The molecule has 0 fully saturated rings. The van der Waals surface area contributed by atoms with Gasteiger partial charge in [0.1, 0.15) is 0 Å². The maximum Gasteiger partial charge on any atom is 0.243 e. The molecule has 0 unspecified atom stereocenters. The molecule has 21 heavy (non-hydrogen) atoms. The molecular formula is C12H19FN2O5S.